The first-order chi connectivity index (χ1) is 11.0. The van der Waals surface area contributed by atoms with Crippen molar-refractivity contribution >= 4 is 23.4 Å². The van der Waals surface area contributed by atoms with Crippen LogP contribution in [0.25, 0.3) is 0 Å². The molecule has 1 fully saturated rings. The molecule has 2 atom stereocenters. The average molecular weight is 320 g/mol. The molecule has 1 aromatic carbocycles. The SMILES string of the molecule is O=C(CN1C(=O)C2CC=CCC2C1=O)Nc1ccc(F)c(F)c1. The molecule has 1 aliphatic heterocycles. The van der Waals surface area contributed by atoms with E-state index in [4.69, 9.17) is 0 Å². The summed E-state index contributed by atoms with van der Waals surface area (Å²) in [5, 5.41) is 2.35. The summed E-state index contributed by atoms with van der Waals surface area (Å²) < 4.78 is 26.0. The molecule has 3 rings (SSSR count). The first kappa shape index (κ1) is 15.3. The molecule has 3 amide bonds. The molecule has 1 aromatic rings. The van der Waals surface area contributed by atoms with Gasteiger partial charge in [0.2, 0.25) is 17.7 Å². The maximum Gasteiger partial charge on any atom is 0.244 e. The number of rotatable bonds is 3. The maximum absolute atomic E-state index is 13.1. The molecule has 0 spiro atoms. The van der Waals surface area contributed by atoms with Crippen LogP contribution in [0.5, 0.6) is 0 Å². The summed E-state index contributed by atoms with van der Waals surface area (Å²) in [6, 6.07) is 2.93. The number of carbonyl (C=O) groups is 3. The molecule has 1 N–H and O–H groups in total. The molecule has 2 unspecified atom stereocenters. The Morgan fingerprint density at radius 1 is 1.09 bits per heavy atom. The minimum absolute atomic E-state index is 0.0621. The molecule has 23 heavy (non-hydrogen) atoms. The van der Waals surface area contributed by atoms with Gasteiger partial charge in [0.1, 0.15) is 6.54 Å². The highest BCUT2D eigenvalue weighted by atomic mass is 19.2. The van der Waals surface area contributed by atoms with Crippen molar-refractivity contribution in [2.24, 2.45) is 11.8 Å². The lowest BCUT2D eigenvalue weighted by molar-refractivity contribution is -0.142. The first-order valence-electron chi connectivity index (χ1n) is 7.22. The van der Waals surface area contributed by atoms with E-state index in [1.165, 1.54) is 6.07 Å². The van der Waals surface area contributed by atoms with Gasteiger partial charge in [-0.05, 0) is 25.0 Å². The number of anilines is 1. The second-order valence-electron chi connectivity index (χ2n) is 5.60. The van der Waals surface area contributed by atoms with E-state index >= 15 is 0 Å². The van der Waals surface area contributed by atoms with Crippen molar-refractivity contribution in [3.05, 3.63) is 42.0 Å². The normalized spacial score (nSPS) is 23.1. The summed E-state index contributed by atoms with van der Waals surface area (Å²) in [6.07, 6.45) is 4.71. The number of allylic oxidation sites excluding steroid dienone is 2. The van der Waals surface area contributed by atoms with Gasteiger partial charge >= 0.3 is 0 Å². The zero-order valence-corrected chi connectivity index (χ0v) is 12.1. The molecule has 0 bridgehead atoms. The fourth-order valence-corrected chi connectivity index (χ4v) is 2.94. The van der Waals surface area contributed by atoms with Crippen molar-refractivity contribution in [3.63, 3.8) is 0 Å². The molecule has 0 saturated carbocycles. The highest BCUT2D eigenvalue weighted by molar-refractivity contribution is 6.08. The summed E-state index contributed by atoms with van der Waals surface area (Å²) in [7, 11) is 0. The van der Waals surface area contributed by atoms with Gasteiger partial charge in [-0.2, -0.15) is 0 Å². The molecule has 0 radical (unpaired) electrons. The molecule has 1 aliphatic carbocycles. The van der Waals surface area contributed by atoms with Crippen LogP contribution in [-0.4, -0.2) is 29.2 Å². The van der Waals surface area contributed by atoms with Gasteiger partial charge in [-0.3, -0.25) is 19.3 Å². The van der Waals surface area contributed by atoms with Crippen LogP contribution in [0.2, 0.25) is 0 Å². The second-order valence-corrected chi connectivity index (χ2v) is 5.60. The van der Waals surface area contributed by atoms with Crippen LogP contribution in [0.15, 0.2) is 30.4 Å². The molecular weight excluding hydrogens is 306 g/mol. The highest BCUT2D eigenvalue weighted by Crippen LogP contribution is 2.34. The smallest absolute Gasteiger partial charge is 0.244 e. The zero-order valence-electron chi connectivity index (χ0n) is 12.1. The third-order valence-corrected chi connectivity index (χ3v) is 4.10. The number of halogens is 2. The lowest BCUT2D eigenvalue weighted by Crippen LogP contribution is -2.38. The molecule has 1 saturated heterocycles. The number of nitrogens with one attached hydrogen (secondary N) is 1. The summed E-state index contributed by atoms with van der Waals surface area (Å²) >= 11 is 0. The molecule has 2 aliphatic rings. The Balaban J connectivity index is 1.67. The van der Waals surface area contributed by atoms with Gasteiger partial charge in [-0.1, -0.05) is 12.2 Å². The van der Waals surface area contributed by atoms with Crippen molar-refractivity contribution < 1.29 is 23.2 Å². The first-order valence-corrected chi connectivity index (χ1v) is 7.22. The molecule has 7 heteroatoms. The van der Waals surface area contributed by atoms with Crippen LogP contribution in [0.1, 0.15) is 12.8 Å². The van der Waals surface area contributed by atoms with Crippen molar-refractivity contribution in [1.82, 2.24) is 4.90 Å². The van der Waals surface area contributed by atoms with Crippen LogP contribution < -0.4 is 5.32 Å². The van der Waals surface area contributed by atoms with E-state index in [0.717, 1.165) is 17.0 Å². The van der Waals surface area contributed by atoms with Crippen LogP contribution in [-0.2, 0) is 14.4 Å². The monoisotopic (exact) mass is 320 g/mol. The van der Waals surface area contributed by atoms with Crippen LogP contribution in [0.3, 0.4) is 0 Å². The molecule has 120 valence electrons. The number of benzene rings is 1. The summed E-state index contributed by atoms with van der Waals surface area (Å²) in [5.74, 6) is -4.26. The lowest BCUT2D eigenvalue weighted by atomic mass is 9.85. The van der Waals surface area contributed by atoms with Gasteiger partial charge < -0.3 is 5.32 Å². The molecule has 5 nitrogen and oxygen atoms in total. The van der Waals surface area contributed by atoms with Crippen LogP contribution in [0.4, 0.5) is 14.5 Å². The Bertz CT molecular complexity index is 691. The third-order valence-electron chi connectivity index (χ3n) is 4.10. The van der Waals surface area contributed by atoms with Gasteiger partial charge in [0.15, 0.2) is 11.6 Å². The average Bonchev–Trinajstić information content (AvgIpc) is 2.76. The van der Waals surface area contributed by atoms with Crippen molar-refractivity contribution in [3.8, 4) is 0 Å². The Morgan fingerprint density at radius 2 is 1.70 bits per heavy atom. The van der Waals surface area contributed by atoms with E-state index in [1.54, 1.807) is 0 Å². The lowest BCUT2D eigenvalue weighted by Gasteiger charge is -2.14. The van der Waals surface area contributed by atoms with Crippen molar-refractivity contribution in [2.45, 2.75) is 12.8 Å². The van der Waals surface area contributed by atoms with Crippen molar-refractivity contribution in [2.75, 3.05) is 11.9 Å². The summed E-state index contributed by atoms with van der Waals surface area (Å²) in [4.78, 5) is 37.4. The quantitative estimate of drug-likeness (QED) is 0.683. The van der Waals surface area contributed by atoms with Gasteiger partial charge in [0, 0.05) is 11.8 Å². The van der Waals surface area contributed by atoms with Crippen molar-refractivity contribution in [1.29, 1.82) is 0 Å². The Kier molecular flexibility index (Phi) is 3.94. The number of hydrogen-bond donors (Lipinski definition) is 1. The zero-order chi connectivity index (χ0) is 16.6. The van der Waals surface area contributed by atoms with E-state index in [2.05, 4.69) is 5.32 Å². The predicted molar refractivity (Wildman–Crippen MR) is 77.1 cm³/mol. The van der Waals surface area contributed by atoms with E-state index in [1.807, 2.05) is 12.2 Å². The fraction of sp³-hybridized carbons (Fsp3) is 0.312. The number of imide groups is 1. The predicted octanol–water partition coefficient (Wildman–Crippen LogP) is 1.85. The second kappa shape index (κ2) is 5.91. The number of hydrogen-bond acceptors (Lipinski definition) is 3. The topological polar surface area (TPSA) is 66.5 Å². The summed E-state index contributed by atoms with van der Waals surface area (Å²) in [6.45, 7) is -0.427. The Morgan fingerprint density at radius 3 is 2.26 bits per heavy atom. The minimum atomic E-state index is -1.09. The largest absolute Gasteiger partial charge is 0.324 e. The summed E-state index contributed by atoms with van der Waals surface area (Å²) in [5.41, 5.74) is 0.0621. The number of likely N-dealkylation sites (tertiary alicyclic amines) is 1. The molecule has 0 aromatic heterocycles. The van der Waals surface area contributed by atoms with E-state index in [9.17, 15) is 23.2 Å². The molecular formula is C16H14F2N2O3. The number of amides is 3. The van der Waals surface area contributed by atoms with E-state index in [-0.39, 0.29) is 17.5 Å². The van der Waals surface area contributed by atoms with Crippen LogP contribution >= 0.6 is 0 Å². The molecule has 1 heterocycles. The van der Waals surface area contributed by atoms with E-state index < -0.39 is 35.9 Å². The maximum atomic E-state index is 13.1. The van der Waals surface area contributed by atoms with Crippen LogP contribution in [0, 0.1) is 23.5 Å². The highest BCUT2D eigenvalue weighted by Gasteiger charge is 2.47. The number of nitrogens with zero attached hydrogens (tertiary/aromatic N) is 1. The van der Waals surface area contributed by atoms with E-state index in [0.29, 0.717) is 12.8 Å². The third kappa shape index (κ3) is 2.86. The van der Waals surface area contributed by atoms with Gasteiger partial charge in [0.05, 0.1) is 11.8 Å². The number of carbonyl (C=O) groups excluding carboxylic acids is 3. The van der Waals surface area contributed by atoms with Gasteiger partial charge in [0.25, 0.3) is 0 Å². The van der Waals surface area contributed by atoms with Gasteiger partial charge in [-0.15, -0.1) is 0 Å². The Hall–Kier alpha value is -2.57. The Labute approximate surface area is 131 Å². The standard InChI is InChI=1S/C16H14F2N2O3/c17-12-6-5-9(7-13(12)18)19-14(21)8-20-15(22)10-3-1-2-4-11(10)16(20)23/h1-2,5-7,10-11H,3-4,8H2,(H,19,21). The number of fused-ring (bicyclic) bond motifs is 1. The minimum Gasteiger partial charge on any atom is -0.324 e. The van der Waals surface area contributed by atoms with Gasteiger partial charge in [-0.25, -0.2) is 8.78 Å². The fourth-order valence-electron chi connectivity index (χ4n) is 2.94.